The molecule has 0 saturated carbocycles. The van der Waals surface area contributed by atoms with Gasteiger partial charge in [-0.1, -0.05) is 30.3 Å². The van der Waals surface area contributed by atoms with Gasteiger partial charge >= 0.3 is 5.97 Å². The lowest BCUT2D eigenvalue weighted by Crippen LogP contribution is -2.00. The van der Waals surface area contributed by atoms with Gasteiger partial charge in [-0.25, -0.2) is 9.18 Å². The molecule has 2 rings (SSSR count). The second-order valence-electron chi connectivity index (χ2n) is 3.63. The van der Waals surface area contributed by atoms with Crippen LogP contribution in [0.4, 0.5) is 4.39 Å². The van der Waals surface area contributed by atoms with Gasteiger partial charge in [-0.2, -0.15) is 5.26 Å². The van der Waals surface area contributed by atoms with Crippen molar-refractivity contribution >= 4 is 5.97 Å². The van der Waals surface area contributed by atoms with Crippen LogP contribution in [0.1, 0.15) is 15.9 Å². The summed E-state index contributed by atoms with van der Waals surface area (Å²) in [5.41, 5.74) is 0.283. The summed E-state index contributed by atoms with van der Waals surface area (Å²) >= 11 is 0. The Bertz CT molecular complexity index is 659. The first-order valence-electron chi connectivity index (χ1n) is 5.16. The van der Waals surface area contributed by atoms with Crippen LogP contribution in [0.15, 0.2) is 42.5 Å². The maximum absolute atomic E-state index is 14.0. The van der Waals surface area contributed by atoms with E-state index in [1.54, 1.807) is 18.2 Å². The number of carbonyl (C=O) groups is 1. The summed E-state index contributed by atoms with van der Waals surface area (Å²) in [6, 6.07) is 12.2. The highest BCUT2D eigenvalue weighted by Crippen LogP contribution is 2.27. The number of carboxylic acid groups (broad SMARTS) is 1. The number of benzene rings is 2. The summed E-state index contributed by atoms with van der Waals surface area (Å²) in [5, 5.41) is 17.8. The predicted molar refractivity (Wildman–Crippen MR) is 63.5 cm³/mol. The number of nitriles is 1. The molecule has 1 N–H and O–H groups in total. The van der Waals surface area contributed by atoms with Crippen LogP contribution in [0.25, 0.3) is 11.1 Å². The average Bonchev–Trinajstić information content (AvgIpc) is 2.39. The van der Waals surface area contributed by atoms with Crippen LogP contribution in [0.5, 0.6) is 0 Å². The molecule has 18 heavy (non-hydrogen) atoms. The normalized spacial score (nSPS) is 9.78. The fraction of sp³-hybridized carbons (Fsp3) is 0. The Morgan fingerprint density at radius 3 is 2.44 bits per heavy atom. The van der Waals surface area contributed by atoms with E-state index < -0.39 is 11.8 Å². The molecule has 0 radical (unpaired) electrons. The molecule has 0 unspecified atom stereocenters. The number of halogens is 1. The minimum atomic E-state index is -1.13. The van der Waals surface area contributed by atoms with Crippen LogP contribution in [-0.2, 0) is 0 Å². The van der Waals surface area contributed by atoms with Crippen molar-refractivity contribution in [2.45, 2.75) is 0 Å². The maximum Gasteiger partial charge on any atom is 0.336 e. The summed E-state index contributed by atoms with van der Waals surface area (Å²) in [6.45, 7) is 0. The van der Waals surface area contributed by atoms with Crippen molar-refractivity contribution in [1.29, 1.82) is 5.26 Å². The summed E-state index contributed by atoms with van der Waals surface area (Å²) in [6.07, 6.45) is 0. The van der Waals surface area contributed by atoms with Gasteiger partial charge in [0.15, 0.2) is 0 Å². The summed E-state index contributed by atoms with van der Waals surface area (Å²) in [4.78, 5) is 11.1. The molecule has 0 heterocycles. The van der Waals surface area contributed by atoms with Crippen LogP contribution in [0.3, 0.4) is 0 Å². The standard InChI is InChI=1S/C14H8FNO2/c15-13-9(8-16)4-3-7-11(13)10-5-1-2-6-12(10)14(17)18/h1-7H,(H,17,18). The van der Waals surface area contributed by atoms with Crippen LogP contribution in [0, 0.1) is 17.1 Å². The van der Waals surface area contributed by atoms with Crippen LogP contribution < -0.4 is 0 Å². The molecular weight excluding hydrogens is 233 g/mol. The minimum absolute atomic E-state index is 0.00601. The highest BCUT2D eigenvalue weighted by molar-refractivity contribution is 5.96. The van der Waals surface area contributed by atoms with E-state index in [9.17, 15) is 9.18 Å². The van der Waals surface area contributed by atoms with Crippen molar-refractivity contribution in [3.05, 3.63) is 59.4 Å². The van der Waals surface area contributed by atoms with E-state index in [0.29, 0.717) is 0 Å². The van der Waals surface area contributed by atoms with E-state index >= 15 is 0 Å². The van der Waals surface area contributed by atoms with Crippen molar-refractivity contribution in [2.24, 2.45) is 0 Å². The van der Waals surface area contributed by atoms with Crippen LogP contribution >= 0.6 is 0 Å². The zero-order valence-corrected chi connectivity index (χ0v) is 9.22. The molecule has 0 saturated heterocycles. The van der Waals surface area contributed by atoms with Crippen molar-refractivity contribution in [3.8, 4) is 17.2 Å². The smallest absolute Gasteiger partial charge is 0.336 e. The number of hydrogen-bond donors (Lipinski definition) is 1. The molecular formula is C14H8FNO2. The number of aromatic carboxylic acids is 1. The van der Waals surface area contributed by atoms with Gasteiger partial charge in [-0.3, -0.25) is 0 Å². The van der Waals surface area contributed by atoms with E-state index in [1.165, 1.54) is 30.3 Å². The molecule has 2 aromatic rings. The zero-order chi connectivity index (χ0) is 13.1. The van der Waals surface area contributed by atoms with Gasteiger partial charge in [0.25, 0.3) is 0 Å². The Morgan fingerprint density at radius 1 is 1.11 bits per heavy atom. The van der Waals surface area contributed by atoms with Crippen molar-refractivity contribution in [1.82, 2.24) is 0 Å². The summed E-state index contributed by atoms with van der Waals surface area (Å²) in [5.74, 6) is -1.83. The maximum atomic E-state index is 14.0. The third-order valence-corrected chi connectivity index (χ3v) is 2.57. The molecule has 0 aliphatic rings. The van der Waals surface area contributed by atoms with Gasteiger partial charge in [0, 0.05) is 5.56 Å². The summed E-state index contributed by atoms with van der Waals surface area (Å²) in [7, 11) is 0. The molecule has 2 aromatic carbocycles. The van der Waals surface area contributed by atoms with Gasteiger partial charge in [0.2, 0.25) is 0 Å². The number of nitrogens with zero attached hydrogens (tertiary/aromatic N) is 1. The highest BCUT2D eigenvalue weighted by atomic mass is 19.1. The van der Waals surface area contributed by atoms with Crippen molar-refractivity contribution in [3.63, 3.8) is 0 Å². The Labute approximate surface area is 103 Å². The lowest BCUT2D eigenvalue weighted by Gasteiger charge is -2.07. The molecule has 0 bridgehead atoms. The van der Waals surface area contributed by atoms with Gasteiger partial charge in [-0.15, -0.1) is 0 Å². The fourth-order valence-electron chi connectivity index (χ4n) is 1.73. The molecule has 0 spiro atoms. The molecule has 88 valence electrons. The minimum Gasteiger partial charge on any atom is -0.478 e. The van der Waals surface area contributed by atoms with Crippen LogP contribution in [-0.4, -0.2) is 11.1 Å². The van der Waals surface area contributed by atoms with E-state index in [-0.39, 0.29) is 22.3 Å². The topological polar surface area (TPSA) is 61.1 Å². The first-order valence-corrected chi connectivity index (χ1v) is 5.16. The Balaban J connectivity index is 2.71. The van der Waals surface area contributed by atoms with Gasteiger partial charge in [0.1, 0.15) is 11.9 Å². The lowest BCUT2D eigenvalue weighted by molar-refractivity contribution is 0.0697. The second kappa shape index (κ2) is 4.68. The third kappa shape index (κ3) is 1.94. The van der Waals surface area contributed by atoms with E-state index in [1.807, 2.05) is 0 Å². The molecule has 0 fully saturated rings. The SMILES string of the molecule is N#Cc1cccc(-c2ccccc2C(=O)O)c1F. The van der Waals surface area contributed by atoms with Crippen molar-refractivity contribution < 1.29 is 14.3 Å². The van der Waals surface area contributed by atoms with Crippen molar-refractivity contribution in [2.75, 3.05) is 0 Å². The fourth-order valence-corrected chi connectivity index (χ4v) is 1.73. The van der Waals surface area contributed by atoms with Gasteiger partial charge in [-0.05, 0) is 17.7 Å². The first-order chi connectivity index (χ1) is 8.65. The van der Waals surface area contributed by atoms with Crippen LogP contribution in [0.2, 0.25) is 0 Å². The first kappa shape index (κ1) is 11.8. The second-order valence-corrected chi connectivity index (χ2v) is 3.63. The quantitative estimate of drug-likeness (QED) is 0.878. The number of carboxylic acids is 1. The van der Waals surface area contributed by atoms with E-state index in [4.69, 9.17) is 10.4 Å². The van der Waals surface area contributed by atoms with E-state index in [2.05, 4.69) is 0 Å². The predicted octanol–water partition coefficient (Wildman–Crippen LogP) is 3.06. The average molecular weight is 241 g/mol. The third-order valence-electron chi connectivity index (χ3n) is 2.57. The lowest BCUT2D eigenvalue weighted by atomic mass is 9.97. The Kier molecular flexibility index (Phi) is 3.07. The number of rotatable bonds is 2. The Morgan fingerprint density at radius 2 is 1.78 bits per heavy atom. The molecule has 0 aromatic heterocycles. The number of hydrogen-bond acceptors (Lipinski definition) is 2. The van der Waals surface area contributed by atoms with E-state index in [0.717, 1.165) is 0 Å². The van der Waals surface area contributed by atoms with Gasteiger partial charge < -0.3 is 5.11 Å². The molecule has 4 heteroatoms. The molecule has 0 amide bonds. The Hall–Kier alpha value is -2.67. The molecule has 0 aliphatic carbocycles. The molecule has 3 nitrogen and oxygen atoms in total. The monoisotopic (exact) mass is 241 g/mol. The highest BCUT2D eigenvalue weighted by Gasteiger charge is 2.15. The summed E-state index contributed by atoms with van der Waals surface area (Å²) < 4.78 is 14.0. The van der Waals surface area contributed by atoms with Gasteiger partial charge in [0.05, 0.1) is 11.1 Å². The molecule has 0 atom stereocenters. The zero-order valence-electron chi connectivity index (χ0n) is 9.22. The molecule has 0 aliphatic heterocycles. The largest absolute Gasteiger partial charge is 0.478 e.